The quantitative estimate of drug-likeness (QED) is 0.402. The van der Waals surface area contributed by atoms with Crippen molar-refractivity contribution in [2.24, 2.45) is 17.3 Å². The van der Waals surface area contributed by atoms with Crippen LogP contribution in [0.15, 0.2) is 47.1 Å². The average Bonchev–Trinajstić information content (AvgIpc) is 3.21. The van der Waals surface area contributed by atoms with Crippen molar-refractivity contribution in [3.63, 3.8) is 0 Å². The lowest BCUT2D eigenvalue weighted by atomic mass is 9.50. The Hall–Kier alpha value is -2.59. The van der Waals surface area contributed by atoms with Crippen molar-refractivity contribution in [3.05, 3.63) is 58.2 Å². The van der Waals surface area contributed by atoms with Gasteiger partial charge in [-0.3, -0.25) is 9.59 Å². The number of carbonyl (C=O) groups excluding carboxylic acids is 2. The maximum atomic E-state index is 15.2. The number of likely N-dealkylation sites (N-methyl/N-ethyl adjacent to an activating group) is 2. The van der Waals surface area contributed by atoms with Gasteiger partial charge in [-0.1, -0.05) is 24.6 Å². The zero-order chi connectivity index (χ0) is 30.8. The number of aliphatic hydroxyl groups is 1. The number of halogens is 5. The molecule has 0 bridgehead atoms. The van der Waals surface area contributed by atoms with Crippen molar-refractivity contribution in [1.82, 2.24) is 9.80 Å². The van der Waals surface area contributed by atoms with E-state index in [4.69, 9.17) is 0 Å². The van der Waals surface area contributed by atoms with Crippen LogP contribution in [-0.4, -0.2) is 78.5 Å². The summed E-state index contributed by atoms with van der Waals surface area (Å²) in [5.41, 5.74) is -0.864. The lowest BCUT2D eigenvalue weighted by molar-refractivity contribution is -0.362. The Bertz CT molecular complexity index is 1320. The Kier molecular flexibility index (Phi) is 7.74. The van der Waals surface area contributed by atoms with E-state index in [0.29, 0.717) is 49.9 Å². The van der Waals surface area contributed by atoms with Crippen LogP contribution < -0.4 is 0 Å². The van der Waals surface area contributed by atoms with Crippen molar-refractivity contribution in [1.29, 1.82) is 0 Å². The van der Waals surface area contributed by atoms with E-state index in [-0.39, 0.29) is 30.4 Å². The second kappa shape index (κ2) is 10.5. The summed E-state index contributed by atoms with van der Waals surface area (Å²) in [6, 6.07) is 6.86. The first-order chi connectivity index (χ1) is 19.5. The van der Waals surface area contributed by atoms with Gasteiger partial charge in [0.15, 0.2) is 5.78 Å². The molecular weight excluding hydrogens is 555 g/mol. The highest BCUT2D eigenvalue weighted by molar-refractivity contribution is 5.94. The van der Waals surface area contributed by atoms with Gasteiger partial charge in [0.2, 0.25) is 0 Å². The molecule has 4 aliphatic carbocycles. The number of benzene rings is 1. The number of hydrogen-bond acceptors (Lipinski definition) is 4. The Morgan fingerprint density at radius 3 is 2.29 bits per heavy atom. The lowest BCUT2D eigenvalue weighted by Crippen LogP contribution is -2.65. The number of nitrogens with zero attached hydrogens (tertiary/aromatic N) is 2. The molecule has 5 nitrogen and oxygen atoms in total. The molecule has 0 aliphatic heterocycles. The van der Waals surface area contributed by atoms with E-state index in [1.807, 2.05) is 19.0 Å². The number of alkyl halides is 5. The summed E-state index contributed by atoms with van der Waals surface area (Å²) in [5, 5.41) is 11.4. The maximum absolute atomic E-state index is 15.2. The van der Waals surface area contributed by atoms with Crippen LogP contribution in [0.3, 0.4) is 0 Å². The van der Waals surface area contributed by atoms with Crippen LogP contribution >= 0.6 is 0 Å². The maximum Gasteiger partial charge on any atom is 0.456 e. The van der Waals surface area contributed by atoms with Crippen molar-refractivity contribution in [3.8, 4) is 0 Å². The zero-order valence-electron chi connectivity index (χ0n) is 24.5. The number of rotatable bonds is 6. The van der Waals surface area contributed by atoms with Gasteiger partial charge in [-0.2, -0.15) is 22.0 Å². The molecule has 1 aromatic carbocycles. The fourth-order valence-corrected chi connectivity index (χ4v) is 8.24. The summed E-state index contributed by atoms with van der Waals surface area (Å²) in [4.78, 5) is 28.8. The summed E-state index contributed by atoms with van der Waals surface area (Å²) in [6.45, 7) is 2.62. The third-order valence-electron chi connectivity index (χ3n) is 10.6. The molecule has 4 aliphatic rings. The second-order valence-corrected chi connectivity index (χ2v) is 13.1. The third-order valence-corrected chi connectivity index (χ3v) is 10.6. The van der Waals surface area contributed by atoms with Gasteiger partial charge >= 0.3 is 12.1 Å². The van der Waals surface area contributed by atoms with Gasteiger partial charge in [0.05, 0.1) is 0 Å². The predicted octanol–water partition coefficient (Wildman–Crippen LogP) is 6.15. The largest absolute Gasteiger partial charge is 0.456 e. The van der Waals surface area contributed by atoms with Crippen LogP contribution in [0, 0.1) is 17.3 Å². The van der Waals surface area contributed by atoms with Crippen LogP contribution in [0.4, 0.5) is 22.0 Å². The fourth-order valence-electron chi connectivity index (χ4n) is 8.24. The van der Waals surface area contributed by atoms with Gasteiger partial charge in [0.1, 0.15) is 5.60 Å². The number of hydrogen-bond donors (Lipinski definition) is 1. The molecule has 230 valence electrons. The van der Waals surface area contributed by atoms with E-state index in [1.54, 1.807) is 42.3 Å². The summed E-state index contributed by atoms with van der Waals surface area (Å²) < 4.78 is 71.6. The number of amides is 1. The number of allylic oxidation sites excluding steroid dienone is 4. The van der Waals surface area contributed by atoms with Crippen LogP contribution in [-0.2, 0) is 4.79 Å². The minimum Gasteiger partial charge on any atom is -0.383 e. The monoisotopic (exact) mass is 594 g/mol. The molecule has 0 radical (unpaired) electrons. The van der Waals surface area contributed by atoms with Crippen molar-refractivity contribution in [2.75, 3.05) is 34.2 Å². The Labute approximate surface area is 243 Å². The van der Waals surface area contributed by atoms with E-state index in [0.717, 1.165) is 16.7 Å². The first-order valence-electron chi connectivity index (χ1n) is 14.7. The molecule has 10 heteroatoms. The average molecular weight is 595 g/mol. The van der Waals surface area contributed by atoms with Crippen LogP contribution in [0.1, 0.15) is 73.7 Å². The Balaban J connectivity index is 1.58. The highest BCUT2D eigenvalue weighted by Gasteiger charge is 2.79. The standard InChI is InChI=1S/C32H39F5N2O3/c1-29-18-25(19-5-7-20(8-6-19)28(41)39(4)16-15-38(2)3)27-23-12-10-22(40)17-21(23)9-11-24(27)26(29)13-14-30(29,42)31(33,34)32(35,36)37/h5-8,17,24-26,42H,9-16,18H2,1-4H3/t24-,25+,26-,29-,30-/m0/s1. The Morgan fingerprint density at radius 2 is 1.67 bits per heavy atom. The second-order valence-electron chi connectivity index (χ2n) is 13.1. The van der Waals surface area contributed by atoms with Gasteiger partial charge in [-0.15, -0.1) is 0 Å². The molecule has 0 heterocycles. The van der Waals surface area contributed by atoms with Crippen molar-refractivity contribution >= 4 is 11.7 Å². The Morgan fingerprint density at radius 1 is 1.00 bits per heavy atom. The molecule has 2 fully saturated rings. The van der Waals surface area contributed by atoms with Crippen LogP contribution in [0.5, 0.6) is 0 Å². The molecule has 0 aromatic heterocycles. The molecule has 5 atom stereocenters. The fraction of sp³-hybridized carbons (Fsp3) is 0.625. The molecule has 0 saturated heterocycles. The molecule has 1 amide bonds. The van der Waals surface area contributed by atoms with Crippen LogP contribution in [0.25, 0.3) is 0 Å². The first kappa shape index (κ1) is 30.9. The van der Waals surface area contributed by atoms with E-state index in [2.05, 4.69) is 0 Å². The van der Waals surface area contributed by atoms with Gasteiger partial charge in [-0.25, -0.2) is 0 Å². The van der Waals surface area contributed by atoms with E-state index < -0.39 is 41.4 Å². The molecule has 5 rings (SSSR count). The van der Waals surface area contributed by atoms with Gasteiger partial charge in [0, 0.05) is 43.5 Å². The van der Waals surface area contributed by atoms with E-state index in [1.165, 1.54) is 6.92 Å². The highest BCUT2D eigenvalue weighted by Crippen LogP contribution is 2.70. The summed E-state index contributed by atoms with van der Waals surface area (Å²) in [5.74, 6) is -6.80. The van der Waals surface area contributed by atoms with Crippen LogP contribution in [0.2, 0.25) is 0 Å². The predicted molar refractivity (Wildman–Crippen MR) is 148 cm³/mol. The molecule has 2 saturated carbocycles. The number of ketones is 1. The van der Waals surface area contributed by atoms with Gasteiger partial charge in [0.25, 0.3) is 5.91 Å². The summed E-state index contributed by atoms with van der Waals surface area (Å²) in [7, 11) is 5.53. The highest BCUT2D eigenvalue weighted by atomic mass is 19.4. The van der Waals surface area contributed by atoms with E-state index in [9.17, 15) is 27.9 Å². The molecule has 0 unspecified atom stereocenters. The molecule has 1 N–H and O–H groups in total. The number of carbonyl (C=O) groups is 2. The van der Waals surface area contributed by atoms with Gasteiger partial charge < -0.3 is 14.9 Å². The summed E-state index contributed by atoms with van der Waals surface area (Å²) in [6.07, 6.45) is -2.99. The van der Waals surface area contributed by atoms with E-state index >= 15 is 8.78 Å². The third kappa shape index (κ3) is 4.73. The minimum absolute atomic E-state index is 0.0336. The number of fused-ring (bicyclic) bond motifs is 4. The summed E-state index contributed by atoms with van der Waals surface area (Å²) >= 11 is 0. The molecule has 1 aromatic rings. The molecule has 42 heavy (non-hydrogen) atoms. The normalized spacial score (nSPS) is 31.5. The van der Waals surface area contributed by atoms with Crippen molar-refractivity contribution < 1.29 is 36.6 Å². The topological polar surface area (TPSA) is 60.9 Å². The molecule has 0 spiro atoms. The lowest BCUT2D eigenvalue weighted by Gasteiger charge is -2.56. The minimum atomic E-state index is -5.89. The van der Waals surface area contributed by atoms with Gasteiger partial charge in [-0.05, 0) is 99.4 Å². The SMILES string of the molecule is CN(C)CCN(C)C(=O)c1ccc([C@H]2C[C@@]3(C)[C@@H](CC[C@@]3(O)C(F)(F)C(F)(F)F)[C@@H]3CCC4=CC(=O)CCC4=C32)cc1. The first-order valence-corrected chi connectivity index (χ1v) is 14.7. The molecular formula is C32H39F5N2O3. The smallest absolute Gasteiger partial charge is 0.383 e. The van der Waals surface area contributed by atoms with Crippen molar-refractivity contribution in [2.45, 2.75) is 75.5 Å². The zero-order valence-corrected chi connectivity index (χ0v) is 24.5.